The molecule has 0 aromatic rings. The van der Waals surface area contributed by atoms with Gasteiger partial charge in [0.05, 0.1) is 0 Å². The first-order valence-electron chi connectivity index (χ1n) is 12.6. The Morgan fingerprint density at radius 3 is 1.13 bits per heavy atom. The fraction of sp³-hybridized carbons (Fsp3) is 1.00. The maximum atomic E-state index is 11.1. The van der Waals surface area contributed by atoms with Crippen molar-refractivity contribution in [3.8, 4) is 0 Å². The minimum Gasteiger partial charge on any atom is -0.439 e. The van der Waals surface area contributed by atoms with Crippen LogP contribution in [0.4, 0.5) is 0 Å². The molecule has 0 radical (unpaired) electrons. The summed E-state index contributed by atoms with van der Waals surface area (Å²) >= 11 is 0. The molecule has 182 valence electrons. The molecule has 0 rings (SSSR count). The summed E-state index contributed by atoms with van der Waals surface area (Å²) in [6.45, 7) is 21.8. The maximum absolute atomic E-state index is 11.1. The molecule has 0 heterocycles. The fourth-order valence-corrected chi connectivity index (χ4v) is 28.4. The third-order valence-corrected chi connectivity index (χ3v) is 29.3. The van der Waals surface area contributed by atoms with E-state index in [0.29, 0.717) is 12.1 Å². The minimum atomic E-state index is -2.72. The zero-order chi connectivity index (χ0) is 23.5. The van der Waals surface area contributed by atoms with Crippen molar-refractivity contribution in [3.63, 3.8) is 0 Å². The standard InChI is InChI=1S/C20H52O5Si5/c1-11-26(12-2)22-28(15-5,16-6)24-30(19-9,20-10)25-29(17-7,18-8)23-27(21,13-3)14-4/h21,26H,11-20H2,1-10H3. The highest BCUT2D eigenvalue weighted by Crippen LogP contribution is 2.36. The lowest BCUT2D eigenvalue weighted by atomic mass is 10.9. The maximum Gasteiger partial charge on any atom is 0.326 e. The Morgan fingerprint density at radius 1 is 0.500 bits per heavy atom. The highest BCUT2D eigenvalue weighted by atomic mass is 28.5. The number of hydrogen-bond acceptors (Lipinski definition) is 5. The van der Waals surface area contributed by atoms with Crippen molar-refractivity contribution in [2.45, 2.75) is 130 Å². The Kier molecular flexibility index (Phi) is 14.6. The van der Waals surface area contributed by atoms with Gasteiger partial charge >= 0.3 is 34.2 Å². The second-order valence-corrected chi connectivity index (χ2v) is 27.7. The van der Waals surface area contributed by atoms with Gasteiger partial charge in [-0.1, -0.05) is 69.2 Å². The first kappa shape index (κ1) is 30.9. The Hall–Kier alpha value is 0.884. The van der Waals surface area contributed by atoms with E-state index >= 15 is 0 Å². The van der Waals surface area contributed by atoms with E-state index in [9.17, 15) is 4.80 Å². The van der Waals surface area contributed by atoms with Crippen LogP contribution in [-0.4, -0.2) is 48.1 Å². The predicted octanol–water partition coefficient (Wildman–Crippen LogP) is 6.74. The fourth-order valence-electron chi connectivity index (χ4n) is 3.88. The Balaban J connectivity index is 6.03. The van der Waals surface area contributed by atoms with E-state index in [4.69, 9.17) is 16.5 Å². The average molecular weight is 513 g/mol. The molecule has 0 fully saturated rings. The molecule has 0 aliphatic rings. The number of rotatable bonds is 18. The van der Waals surface area contributed by atoms with Crippen molar-refractivity contribution in [1.29, 1.82) is 0 Å². The van der Waals surface area contributed by atoms with Crippen LogP contribution in [0.15, 0.2) is 0 Å². The molecule has 30 heavy (non-hydrogen) atoms. The normalized spacial score (nSPS) is 14.0. The average Bonchev–Trinajstić information content (AvgIpc) is 2.80. The minimum absolute atomic E-state index is 0.710. The molecule has 5 nitrogen and oxygen atoms in total. The van der Waals surface area contributed by atoms with Gasteiger partial charge in [-0.3, -0.25) is 0 Å². The highest BCUT2D eigenvalue weighted by molar-refractivity contribution is 6.90. The third kappa shape index (κ3) is 8.34. The SMILES string of the molecule is CC[SiH](CC)O[Si](CC)(CC)O[Si](CC)(CC)O[Si](CC)(CC)O[Si](O)(CC)CC. The van der Waals surface area contributed by atoms with E-state index in [0.717, 1.165) is 48.4 Å². The van der Waals surface area contributed by atoms with Gasteiger partial charge in [0.1, 0.15) is 0 Å². The molecule has 0 aromatic heterocycles. The second kappa shape index (κ2) is 14.2. The van der Waals surface area contributed by atoms with Crippen molar-refractivity contribution < 1.29 is 21.3 Å². The lowest BCUT2D eigenvalue weighted by Crippen LogP contribution is -2.63. The predicted molar refractivity (Wildman–Crippen MR) is 142 cm³/mol. The van der Waals surface area contributed by atoms with Crippen molar-refractivity contribution in [2.24, 2.45) is 0 Å². The van der Waals surface area contributed by atoms with Gasteiger partial charge in [0.15, 0.2) is 9.04 Å². The first-order valence-corrected chi connectivity index (χ1v) is 23.7. The van der Waals surface area contributed by atoms with E-state index in [1.54, 1.807) is 0 Å². The lowest BCUT2D eigenvalue weighted by Gasteiger charge is -2.46. The van der Waals surface area contributed by atoms with Crippen molar-refractivity contribution in [3.05, 3.63) is 0 Å². The van der Waals surface area contributed by atoms with Crippen LogP contribution in [-0.2, 0) is 16.5 Å². The van der Waals surface area contributed by atoms with Crippen LogP contribution in [0.1, 0.15) is 69.2 Å². The molecule has 0 aliphatic heterocycles. The Labute approximate surface area is 194 Å². The third-order valence-electron chi connectivity index (χ3n) is 6.75. The largest absolute Gasteiger partial charge is 0.439 e. The smallest absolute Gasteiger partial charge is 0.326 e. The van der Waals surface area contributed by atoms with Crippen LogP contribution < -0.4 is 0 Å². The molecule has 0 spiro atoms. The van der Waals surface area contributed by atoms with Gasteiger partial charge in [0.25, 0.3) is 0 Å². The van der Waals surface area contributed by atoms with Crippen molar-refractivity contribution >= 4 is 43.3 Å². The van der Waals surface area contributed by atoms with E-state index in [-0.39, 0.29) is 0 Å². The number of hydrogen-bond donors (Lipinski definition) is 1. The van der Waals surface area contributed by atoms with E-state index in [1.807, 2.05) is 13.8 Å². The summed E-state index contributed by atoms with van der Waals surface area (Å²) in [5.41, 5.74) is 0. The monoisotopic (exact) mass is 512 g/mol. The van der Waals surface area contributed by atoms with Crippen LogP contribution in [0.2, 0.25) is 60.4 Å². The molecule has 1 N–H and O–H groups in total. The molecule has 0 bridgehead atoms. The molecule has 0 aliphatic carbocycles. The van der Waals surface area contributed by atoms with Gasteiger partial charge in [-0.25, -0.2) is 0 Å². The van der Waals surface area contributed by atoms with Crippen LogP contribution in [0, 0.1) is 0 Å². The van der Waals surface area contributed by atoms with Crippen LogP contribution >= 0.6 is 0 Å². The quantitative estimate of drug-likeness (QED) is 0.206. The highest BCUT2D eigenvalue weighted by Gasteiger charge is 2.53. The van der Waals surface area contributed by atoms with Gasteiger partial charge in [-0.15, -0.1) is 0 Å². The zero-order valence-corrected chi connectivity index (χ0v) is 26.9. The van der Waals surface area contributed by atoms with Crippen LogP contribution in [0.25, 0.3) is 0 Å². The lowest BCUT2D eigenvalue weighted by molar-refractivity contribution is 0.255. The second-order valence-electron chi connectivity index (χ2n) is 8.37. The van der Waals surface area contributed by atoms with Gasteiger partial charge in [0.2, 0.25) is 0 Å². The molecule has 0 atom stereocenters. The summed E-state index contributed by atoms with van der Waals surface area (Å²) in [6.07, 6.45) is 0. The van der Waals surface area contributed by atoms with E-state index in [1.165, 1.54) is 0 Å². The molecule has 0 unspecified atom stereocenters. The zero-order valence-electron chi connectivity index (χ0n) is 21.7. The molecular formula is C20H52O5Si5. The summed E-state index contributed by atoms with van der Waals surface area (Å²) in [7, 11) is -11.3. The molecule has 10 heteroatoms. The van der Waals surface area contributed by atoms with E-state index in [2.05, 4.69) is 55.4 Å². The molecule has 0 aromatic carbocycles. The van der Waals surface area contributed by atoms with Gasteiger partial charge in [-0.2, -0.15) is 0 Å². The molecule has 0 saturated carbocycles. The Bertz CT molecular complexity index is 449. The van der Waals surface area contributed by atoms with Crippen molar-refractivity contribution in [2.75, 3.05) is 0 Å². The van der Waals surface area contributed by atoms with Crippen LogP contribution in [0.5, 0.6) is 0 Å². The van der Waals surface area contributed by atoms with Crippen molar-refractivity contribution in [1.82, 2.24) is 0 Å². The van der Waals surface area contributed by atoms with Gasteiger partial charge < -0.3 is 21.3 Å². The van der Waals surface area contributed by atoms with Gasteiger partial charge in [0, 0.05) is 0 Å². The summed E-state index contributed by atoms with van der Waals surface area (Å²) in [5, 5.41) is 0. The molecule has 0 amide bonds. The van der Waals surface area contributed by atoms with E-state index < -0.39 is 43.3 Å². The summed E-state index contributed by atoms with van der Waals surface area (Å²) in [6, 6.07) is 9.19. The summed E-state index contributed by atoms with van der Waals surface area (Å²) < 4.78 is 27.8. The summed E-state index contributed by atoms with van der Waals surface area (Å²) in [5.74, 6) is 0. The summed E-state index contributed by atoms with van der Waals surface area (Å²) in [4.78, 5) is 11.1. The Morgan fingerprint density at radius 2 is 0.833 bits per heavy atom. The van der Waals surface area contributed by atoms with Gasteiger partial charge in [-0.05, 0) is 60.4 Å². The molecular weight excluding hydrogens is 461 g/mol. The topological polar surface area (TPSA) is 57.2 Å². The first-order chi connectivity index (χ1) is 14.1. The molecule has 0 saturated heterocycles. The van der Waals surface area contributed by atoms with Crippen LogP contribution in [0.3, 0.4) is 0 Å².